The summed E-state index contributed by atoms with van der Waals surface area (Å²) in [5.74, 6) is -15.7. The van der Waals surface area contributed by atoms with Crippen molar-refractivity contribution >= 4 is 17.5 Å². The summed E-state index contributed by atoms with van der Waals surface area (Å²) in [6.07, 6.45) is 0.395. The first-order chi connectivity index (χ1) is 16.1. The van der Waals surface area contributed by atoms with Gasteiger partial charge in [0, 0.05) is 32.2 Å². The first-order valence-electron chi connectivity index (χ1n) is 9.97. The molecule has 0 unspecified atom stereocenters. The molecule has 0 bridgehead atoms. The number of nitrogens with zero attached hydrogens (tertiary/aromatic N) is 2. The first-order valence-corrected chi connectivity index (χ1v) is 9.97. The number of nitrogens with one attached hydrogen (secondary N) is 1. The third-order valence-corrected chi connectivity index (χ3v) is 5.02. The van der Waals surface area contributed by atoms with Gasteiger partial charge in [0.1, 0.15) is 11.6 Å². The fourth-order valence-corrected chi connectivity index (χ4v) is 3.30. The van der Waals surface area contributed by atoms with E-state index in [1.54, 1.807) is 4.90 Å². The highest BCUT2D eigenvalue weighted by Crippen LogP contribution is 2.29. The molecule has 1 saturated heterocycles. The van der Waals surface area contributed by atoms with E-state index < -0.39 is 64.9 Å². The molecule has 2 aromatic carbocycles. The zero-order valence-electron chi connectivity index (χ0n) is 17.4. The highest BCUT2D eigenvalue weighted by molar-refractivity contribution is 5.92. The minimum Gasteiger partial charge on any atom is -0.477 e. The van der Waals surface area contributed by atoms with E-state index in [4.69, 9.17) is 0 Å². The van der Waals surface area contributed by atoms with Gasteiger partial charge in [0.15, 0.2) is 12.4 Å². The number of carbonyl (C=O) groups is 2. The van der Waals surface area contributed by atoms with Crippen molar-refractivity contribution in [3.05, 3.63) is 58.9 Å². The van der Waals surface area contributed by atoms with Crippen LogP contribution in [0.3, 0.4) is 0 Å². The summed E-state index contributed by atoms with van der Waals surface area (Å²) in [4.78, 5) is 27.4. The van der Waals surface area contributed by atoms with E-state index in [-0.39, 0.29) is 31.9 Å². The lowest BCUT2D eigenvalue weighted by Crippen LogP contribution is -2.39. The molecule has 0 spiro atoms. The number of amides is 2. The summed E-state index contributed by atoms with van der Waals surface area (Å²) in [6, 6.07) is 2.69. The minimum atomic E-state index is -2.34. The fourth-order valence-electron chi connectivity index (χ4n) is 3.30. The van der Waals surface area contributed by atoms with Crippen molar-refractivity contribution < 1.29 is 45.1 Å². The lowest BCUT2D eigenvalue weighted by atomic mass is 10.2. The number of anilines is 1. The molecule has 1 heterocycles. The molecule has 0 atom stereocenters. The lowest BCUT2D eigenvalue weighted by Gasteiger charge is -2.22. The maximum absolute atomic E-state index is 13.7. The normalized spacial score (nSPS) is 14.6. The highest BCUT2D eigenvalue weighted by Gasteiger charge is 2.28. The molecule has 1 N–H and O–H groups in total. The zero-order valence-corrected chi connectivity index (χ0v) is 17.4. The summed E-state index contributed by atoms with van der Waals surface area (Å²) in [6.45, 7) is -0.279. The van der Waals surface area contributed by atoms with Crippen LogP contribution in [0.15, 0.2) is 18.2 Å². The number of halogens is 7. The Kier molecular flexibility index (Phi) is 7.97. The first kappa shape index (κ1) is 25.3. The summed E-state index contributed by atoms with van der Waals surface area (Å²) in [7, 11) is 0. The molecule has 1 fully saturated rings. The van der Waals surface area contributed by atoms with Gasteiger partial charge >= 0.3 is 0 Å². The van der Waals surface area contributed by atoms with Gasteiger partial charge in [0.2, 0.25) is 35.0 Å². The summed E-state index contributed by atoms with van der Waals surface area (Å²) < 4.78 is 98.2. The van der Waals surface area contributed by atoms with Gasteiger partial charge in [-0.05, 0) is 18.6 Å². The van der Waals surface area contributed by atoms with E-state index in [9.17, 15) is 40.3 Å². The van der Waals surface area contributed by atoms with Gasteiger partial charge < -0.3 is 15.0 Å². The number of rotatable bonds is 6. The van der Waals surface area contributed by atoms with Gasteiger partial charge in [-0.2, -0.15) is 8.78 Å². The van der Waals surface area contributed by atoms with E-state index in [1.807, 2.05) is 0 Å². The fraction of sp³-hybridized carbons (Fsp3) is 0.333. The van der Waals surface area contributed by atoms with Crippen LogP contribution in [0.4, 0.5) is 36.4 Å². The number of carbonyl (C=O) groups excluding carboxylic acids is 2. The SMILES string of the molecule is O=C(CN1CCCN(C(=O)COc2c(F)c(F)c(F)c(F)c2F)CC1)Nc1ccc(F)cc1F. The van der Waals surface area contributed by atoms with Crippen LogP contribution in [0.1, 0.15) is 6.42 Å². The standard InChI is InChI=1S/C21H18F7N3O3/c22-11-2-3-13(12(23)8-11)29-14(32)9-30-4-1-5-31(7-6-30)15(33)10-34-21-19(27)17(25)16(24)18(26)20(21)28/h2-3,8H,1,4-7,9-10H2,(H,29,32). The van der Waals surface area contributed by atoms with Gasteiger partial charge in [-0.25, -0.2) is 22.0 Å². The number of hydrogen-bond acceptors (Lipinski definition) is 4. The Labute approximate surface area is 188 Å². The molecule has 1 aliphatic rings. The average Bonchev–Trinajstić information content (AvgIpc) is 3.03. The third-order valence-electron chi connectivity index (χ3n) is 5.02. The zero-order chi connectivity index (χ0) is 25.0. The van der Waals surface area contributed by atoms with Crippen LogP contribution in [-0.2, 0) is 9.59 Å². The van der Waals surface area contributed by atoms with Gasteiger partial charge in [0.25, 0.3) is 5.91 Å². The Bertz CT molecular complexity index is 1070. The monoisotopic (exact) mass is 493 g/mol. The molecule has 13 heteroatoms. The van der Waals surface area contributed by atoms with E-state index in [1.165, 1.54) is 4.90 Å². The van der Waals surface area contributed by atoms with E-state index in [0.29, 0.717) is 19.0 Å². The number of ether oxygens (including phenoxy) is 1. The topological polar surface area (TPSA) is 61.9 Å². The molecule has 1 aliphatic heterocycles. The second-order valence-corrected chi connectivity index (χ2v) is 7.37. The van der Waals surface area contributed by atoms with Crippen LogP contribution in [-0.4, -0.2) is 60.9 Å². The molecule has 0 aromatic heterocycles. The van der Waals surface area contributed by atoms with Crippen LogP contribution >= 0.6 is 0 Å². The third kappa shape index (κ3) is 5.76. The summed E-state index contributed by atoms with van der Waals surface area (Å²) in [5.41, 5.74) is -0.191. The Balaban J connectivity index is 1.53. The number of benzene rings is 2. The van der Waals surface area contributed by atoms with E-state index in [0.717, 1.165) is 12.1 Å². The van der Waals surface area contributed by atoms with Gasteiger partial charge in [-0.3, -0.25) is 14.5 Å². The Morgan fingerprint density at radius 1 is 0.853 bits per heavy atom. The molecule has 184 valence electrons. The van der Waals surface area contributed by atoms with E-state index >= 15 is 0 Å². The molecule has 0 radical (unpaired) electrons. The van der Waals surface area contributed by atoms with Crippen LogP contribution in [0, 0.1) is 40.7 Å². The molecule has 3 rings (SSSR count). The second-order valence-electron chi connectivity index (χ2n) is 7.37. The predicted molar refractivity (Wildman–Crippen MR) is 104 cm³/mol. The van der Waals surface area contributed by atoms with Crippen LogP contribution in [0.5, 0.6) is 5.75 Å². The van der Waals surface area contributed by atoms with Crippen LogP contribution in [0.25, 0.3) is 0 Å². The Morgan fingerprint density at radius 2 is 1.50 bits per heavy atom. The molecular formula is C21H18F7N3O3. The summed E-state index contributed by atoms with van der Waals surface area (Å²) >= 11 is 0. The van der Waals surface area contributed by atoms with Crippen molar-refractivity contribution in [3.8, 4) is 5.75 Å². The molecule has 0 aliphatic carbocycles. The highest BCUT2D eigenvalue weighted by atomic mass is 19.2. The second kappa shape index (κ2) is 10.7. The van der Waals surface area contributed by atoms with Crippen LogP contribution in [0.2, 0.25) is 0 Å². The Hall–Kier alpha value is -3.35. The quantitative estimate of drug-likeness (QED) is 0.382. The lowest BCUT2D eigenvalue weighted by molar-refractivity contribution is -0.133. The Morgan fingerprint density at radius 3 is 2.15 bits per heavy atom. The molecule has 6 nitrogen and oxygen atoms in total. The van der Waals surface area contributed by atoms with Gasteiger partial charge in [-0.15, -0.1) is 0 Å². The van der Waals surface area contributed by atoms with Crippen LogP contribution < -0.4 is 10.1 Å². The largest absolute Gasteiger partial charge is 0.477 e. The maximum Gasteiger partial charge on any atom is 0.260 e. The molecular weight excluding hydrogens is 475 g/mol. The van der Waals surface area contributed by atoms with Crippen molar-refractivity contribution in [2.75, 3.05) is 44.6 Å². The van der Waals surface area contributed by atoms with Crippen molar-refractivity contribution in [3.63, 3.8) is 0 Å². The molecule has 34 heavy (non-hydrogen) atoms. The number of hydrogen-bond donors (Lipinski definition) is 1. The minimum absolute atomic E-state index is 0.0808. The summed E-state index contributed by atoms with van der Waals surface area (Å²) in [5, 5.41) is 2.32. The average molecular weight is 493 g/mol. The van der Waals surface area contributed by atoms with Gasteiger partial charge in [0.05, 0.1) is 12.2 Å². The van der Waals surface area contributed by atoms with Gasteiger partial charge in [-0.1, -0.05) is 0 Å². The molecule has 2 amide bonds. The predicted octanol–water partition coefficient (Wildman–Crippen LogP) is 3.21. The maximum atomic E-state index is 13.7. The van der Waals surface area contributed by atoms with Crippen molar-refractivity contribution in [1.82, 2.24) is 9.80 Å². The van der Waals surface area contributed by atoms with Crippen molar-refractivity contribution in [2.24, 2.45) is 0 Å². The van der Waals surface area contributed by atoms with E-state index in [2.05, 4.69) is 10.1 Å². The van der Waals surface area contributed by atoms with Crippen molar-refractivity contribution in [2.45, 2.75) is 6.42 Å². The van der Waals surface area contributed by atoms with Crippen molar-refractivity contribution in [1.29, 1.82) is 0 Å². The molecule has 2 aromatic rings. The molecule has 0 saturated carbocycles. The smallest absolute Gasteiger partial charge is 0.260 e.